The minimum atomic E-state index is -0.0301. The smallest absolute Gasteiger partial charge is 0 e. The van der Waals surface area contributed by atoms with E-state index in [9.17, 15) is 10.2 Å². The number of piperidine rings is 2. The molecule has 50 heavy (non-hydrogen) atoms. The first-order valence-corrected chi connectivity index (χ1v) is 16.1. The van der Waals surface area contributed by atoms with Gasteiger partial charge in [-0.1, -0.05) is 36.4 Å². The van der Waals surface area contributed by atoms with Crippen LogP contribution in [0.25, 0.3) is 0 Å². The first kappa shape index (κ1) is 39.1. The van der Waals surface area contributed by atoms with Crippen LogP contribution < -0.4 is 9.47 Å². The van der Waals surface area contributed by atoms with E-state index in [1.165, 1.54) is 44.5 Å². The van der Waals surface area contributed by atoms with Gasteiger partial charge in [-0.25, -0.2) is 0 Å². The Hall–Kier alpha value is -3.74. The maximum absolute atomic E-state index is 10.3. The number of likely N-dealkylation sites (tertiary alicyclic amines) is 2. The molecule has 2 aromatic carbocycles. The standard InChI is InChI=1S/2C18H19NO2.3CO.CH3.Fe/c2*1-10-3-5-12-13-9-11-4-6-14(20)16-15(11)18(12,17(10)21-16)7-8-19(13)2;3*1-2;;/h2*3-6,13,17,20H,7-9H2,1-2H3;;;;1H3;/q;;;;;-1;/t2*13-,17+,18+;;;;;/m11...../s1. The summed E-state index contributed by atoms with van der Waals surface area (Å²) in [7, 11) is 4.45. The van der Waals surface area contributed by atoms with E-state index in [1.807, 2.05) is 0 Å². The van der Waals surface area contributed by atoms with Gasteiger partial charge in [-0.2, -0.15) is 0 Å². The summed E-state index contributed by atoms with van der Waals surface area (Å²) in [5, 5.41) is 20.5. The number of hydrogen-bond donors (Lipinski definition) is 2. The Morgan fingerprint density at radius 1 is 0.660 bits per heavy atom. The zero-order valence-corrected chi connectivity index (χ0v) is 30.0. The molecule has 8 aliphatic rings. The number of aromatic hydroxyl groups is 2. The van der Waals surface area contributed by atoms with Crippen LogP contribution >= 0.6 is 0 Å². The number of ether oxygens (including phenoxy) is 2. The molecule has 0 radical (unpaired) electrons. The van der Waals surface area contributed by atoms with Gasteiger partial charge in [0.2, 0.25) is 0 Å². The zero-order valence-electron chi connectivity index (χ0n) is 28.9. The molecular weight excluding hydrogens is 676 g/mol. The molecule has 4 aliphatic carbocycles. The summed E-state index contributed by atoms with van der Waals surface area (Å²) in [6.45, 7) is 20.0. The van der Waals surface area contributed by atoms with Gasteiger partial charge in [-0.05, 0) is 112 Å². The Bertz CT molecular complexity index is 1730. The van der Waals surface area contributed by atoms with Crippen LogP contribution in [0.2, 0.25) is 0 Å². The molecule has 9 nitrogen and oxygen atoms in total. The van der Waals surface area contributed by atoms with Gasteiger partial charge < -0.3 is 27.1 Å². The van der Waals surface area contributed by atoms with Gasteiger partial charge in [-0.15, -0.1) is 0 Å². The molecule has 4 bridgehead atoms. The normalized spacial score (nSPS) is 30.1. The third-order valence-electron chi connectivity index (χ3n) is 11.9. The van der Waals surface area contributed by atoms with E-state index in [0.29, 0.717) is 23.6 Å². The van der Waals surface area contributed by atoms with Crippen molar-refractivity contribution in [3.8, 4) is 23.0 Å². The molecular formula is C40H41FeN2O7-. The first-order valence-electron chi connectivity index (χ1n) is 16.1. The number of benzene rings is 2. The van der Waals surface area contributed by atoms with Gasteiger partial charge in [-0.3, -0.25) is 9.80 Å². The van der Waals surface area contributed by atoms with Crippen molar-refractivity contribution < 1.29 is 50.7 Å². The second kappa shape index (κ2) is 14.5. The molecule has 0 amide bonds. The van der Waals surface area contributed by atoms with Crippen molar-refractivity contribution in [3.05, 3.63) is 120 Å². The summed E-state index contributed by atoms with van der Waals surface area (Å²) in [6, 6.07) is 8.72. The number of rotatable bonds is 0. The molecule has 0 unspecified atom stereocenters. The number of phenolic OH excluding ortho intramolecular Hbond substituents is 2. The summed E-state index contributed by atoms with van der Waals surface area (Å²) in [4.78, 5) is 4.94. The van der Waals surface area contributed by atoms with Crippen molar-refractivity contribution in [1.29, 1.82) is 0 Å². The molecule has 10 rings (SSSR count). The average Bonchev–Trinajstić information content (AvgIpc) is 3.66. The largest absolute Gasteiger partial charge is 0.358 e. The van der Waals surface area contributed by atoms with Crippen LogP contribution in [-0.2, 0) is 54.7 Å². The number of likely N-dealkylation sites (N-methyl/N-ethyl adjacent to an activating group) is 2. The predicted molar refractivity (Wildman–Crippen MR) is 180 cm³/mol. The van der Waals surface area contributed by atoms with Gasteiger partial charge in [0.25, 0.3) is 0 Å². The van der Waals surface area contributed by atoms with Crippen LogP contribution in [0.15, 0.2) is 70.9 Å². The maximum Gasteiger partial charge on any atom is 0 e. The van der Waals surface area contributed by atoms with Crippen molar-refractivity contribution in [3.63, 3.8) is 0 Å². The van der Waals surface area contributed by atoms with Crippen LogP contribution in [0.1, 0.15) is 48.9 Å². The van der Waals surface area contributed by atoms with Crippen LogP contribution in [0, 0.1) is 27.4 Å². The van der Waals surface area contributed by atoms with Gasteiger partial charge in [0.05, 0.1) is 10.8 Å². The minimum Gasteiger partial charge on any atom is -0.358 e. The fourth-order valence-corrected chi connectivity index (χ4v) is 10.0. The summed E-state index contributed by atoms with van der Waals surface area (Å²) < 4.78 is 35.1. The molecule has 0 saturated carbocycles. The van der Waals surface area contributed by atoms with E-state index < -0.39 is 0 Å². The molecule has 0 aromatic heterocycles. The topological polar surface area (TPSA) is 125 Å². The maximum atomic E-state index is 10.3. The van der Waals surface area contributed by atoms with E-state index >= 15 is 0 Å². The van der Waals surface area contributed by atoms with Gasteiger partial charge in [0, 0.05) is 40.3 Å². The molecule has 2 fully saturated rings. The monoisotopic (exact) mass is 717 g/mol. The van der Waals surface area contributed by atoms with Crippen LogP contribution in [-0.4, -0.2) is 71.5 Å². The van der Waals surface area contributed by atoms with E-state index in [2.05, 4.69) is 94.1 Å². The van der Waals surface area contributed by atoms with Crippen molar-refractivity contribution in [2.24, 2.45) is 0 Å². The summed E-state index contributed by atoms with van der Waals surface area (Å²) in [5.41, 5.74) is 10.7. The van der Waals surface area contributed by atoms with Crippen molar-refractivity contribution in [2.75, 3.05) is 27.2 Å². The first-order chi connectivity index (χ1) is 23.3. The van der Waals surface area contributed by atoms with Crippen molar-refractivity contribution in [2.45, 2.75) is 74.7 Å². The molecule has 10 heteroatoms. The predicted octanol–water partition coefficient (Wildman–Crippen LogP) is 5.41. The van der Waals surface area contributed by atoms with Gasteiger partial charge >= 0.3 is 33.9 Å². The zero-order chi connectivity index (χ0) is 34.7. The fourth-order valence-electron chi connectivity index (χ4n) is 10.0. The third-order valence-corrected chi connectivity index (χ3v) is 11.9. The molecule has 4 aliphatic heterocycles. The van der Waals surface area contributed by atoms with Crippen LogP contribution in [0.3, 0.4) is 0 Å². The summed E-state index contributed by atoms with van der Waals surface area (Å²) in [5.74, 6) is 2.06. The van der Waals surface area contributed by atoms with Gasteiger partial charge in [0.15, 0.2) is 23.0 Å². The molecule has 6 atom stereocenters. The van der Waals surface area contributed by atoms with Gasteiger partial charge in [0.1, 0.15) is 12.2 Å². The Kier molecular flexibility index (Phi) is 11.3. The number of allylic oxidation sites excluding steroid dienone is 4. The molecule has 2 aromatic rings. The minimum absolute atomic E-state index is 0. The molecule has 2 saturated heterocycles. The molecule has 4 heterocycles. The molecule has 262 valence electrons. The number of nitrogens with zero attached hydrogens (tertiary/aromatic N) is 2. The van der Waals surface area contributed by atoms with Crippen LogP contribution in [0.4, 0.5) is 0 Å². The molecule has 2 N–H and O–H groups in total. The third kappa shape index (κ3) is 5.03. The average molecular weight is 718 g/mol. The quantitative estimate of drug-likeness (QED) is 0.214. The fraction of sp³-hybridized carbons (Fsp3) is 0.400. The van der Waals surface area contributed by atoms with E-state index in [1.54, 1.807) is 12.1 Å². The number of phenols is 2. The second-order valence-corrected chi connectivity index (χ2v) is 13.8. The summed E-state index contributed by atoms with van der Waals surface area (Å²) in [6.07, 6.45) is 13.4. The van der Waals surface area contributed by atoms with Crippen LogP contribution in [0.5, 0.6) is 23.0 Å². The van der Waals surface area contributed by atoms with Crippen molar-refractivity contribution >= 4 is 0 Å². The Morgan fingerprint density at radius 2 is 1.02 bits per heavy atom. The Balaban J connectivity index is 0.000000189. The van der Waals surface area contributed by atoms with E-state index in [4.69, 9.17) is 23.4 Å². The van der Waals surface area contributed by atoms with E-state index in [0.717, 1.165) is 50.3 Å². The molecule has 2 spiro atoms. The van der Waals surface area contributed by atoms with E-state index in [-0.39, 0.29) is 47.5 Å². The SMILES string of the molecule is CC1=CC=C2[C@H]3Cc4ccc(O)c5c4[C@@]2(CCN3C)[C@H]1O5.CC1=CC=C2[C@H]3Cc4ccc(O)c5c4[C@@]2(CCN3C)[C@H]1O5.[C-]#[O+].[C-]#[O+].[C-]#[O+].[CH3-].[Fe]. The Labute approximate surface area is 305 Å². The Morgan fingerprint density at radius 3 is 1.38 bits per heavy atom. The second-order valence-electron chi connectivity index (χ2n) is 13.8. The summed E-state index contributed by atoms with van der Waals surface area (Å²) >= 11 is 0. The number of hydrogen-bond acceptors (Lipinski definition) is 6. The van der Waals surface area contributed by atoms with Crippen molar-refractivity contribution in [1.82, 2.24) is 9.80 Å².